The van der Waals surface area contributed by atoms with Crippen LogP contribution in [0.2, 0.25) is 0 Å². The molecule has 0 spiro atoms. The third-order valence-corrected chi connectivity index (χ3v) is 4.89. The van der Waals surface area contributed by atoms with E-state index in [0.717, 1.165) is 19.3 Å². The van der Waals surface area contributed by atoms with Gasteiger partial charge in [-0.05, 0) is 37.3 Å². The van der Waals surface area contributed by atoms with Gasteiger partial charge < -0.3 is 4.74 Å². The molecule has 0 aromatic heterocycles. The third kappa shape index (κ3) is 3.03. The first-order chi connectivity index (χ1) is 8.51. The molecular formula is C13H19NO3S. The van der Waals surface area contributed by atoms with Crippen molar-refractivity contribution in [2.45, 2.75) is 37.1 Å². The van der Waals surface area contributed by atoms with Crippen LogP contribution in [0.4, 0.5) is 0 Å². The molecule has 18 heavy (non-hydrogen) atoms. The van der Waals surface area contributed by atoms with E-state index in [0.29, 0.717) is 11.7 Å². The Morgan fingerprint density at radius 3 is 2.72 bits per heavy atom. The van der Waals surface area contributed by atoms with Crippen LogP contribution in [0, 0.1) is 5.92 Å². The highest BCUT2D eigenvalue weighted by molar-refractivity contribution is 7.89. The summed E-state index contributed by atoms with van der Waals surface area (Å²) in [7, 11) is -1.90. The summed E-state index contributed by atoms with van der Waals surface area (Å²) in [6.45, 7) is 2.15. The Balaban J connectivity index is 2.14. The van der Waals surface area contributed by atoms with Gasteiger partial charge in [-0.3, -0.25) is 0 Å². The van der Waals surface area contributed by atoms with Gasteiger partial charge in [0.05, 0.1) is 12.0 Å². The van der Waals surface area contributed by atoms with Crippen molar-refractivity contribution >= 4 is 10.0 Å². The second kappa shape index (κ2) is 5.28. The lowest BCUT2D eigenvalue weighted by Crippen LogP contribution is -2.32. The van der Waals surface area contributed by atoms with Crippen molar-refractivity contribution < 1.29 is 13.2 Å². The molecule has 2 atom stereocenters. The van der Waals surface area contributed by atoms with Crippen LogP contribution < -0.4 is 9.46 Å². The van der Waals surface area contributed by atoms with Crippen LogP contribution >= 0.6 is 0 Å². The Bertz CT molecular complexity index is 513. The summed E-state index contributed by atoms with van der Waals surface area (Å²) < 4.78 is 32.2. The highest BCUT2D eigenvalue weighted by Gasteiger charge is 2.26. The zero-order valence-corrected chi connectivity index (χ0v) is 11.5. The van der Waals surface area contributed by atoms with Crippen LogP contribution in [0.15, 0.2) is 29.2 Å². The van der Waals surface area contributed by atoms with E-state index in [4.69, 9.17) is 4.74 Å². The summed E-state index contributed by atoms with van der Waals surface area (Å²) in [5.41, 5.74) is 0. The topological polar surface area (TPSA) is 55.4 Å². The number of ether oxygens (including phenoxy) is 1. The fourth-order valence-electron chi connectivity index (χ4n) is 2.37. The molecular weight excluding hydrogens is 250 g/mol. The van der Waals surface area contributed by atoms with Gasteiger partial charge in [-0.1, -0.05) is 13.0 Å². The van der Waals surface area contributed by atoms with Crippen LogP contribution in [-0.4, -0.2) is 21.6 Å². The lowest BCUT2D eigenvalue weighted by molar-refractivity contribution is 0.413. The van der Waals surface area contributed by atoms with Gasteiger partial charge in [-0.15, -0.1) is 0 Å². The zero-order chi connectivity index (χ0) is 13.2. The molecule has 0 heterocycles. The Hall–Kier alpha value is -1.07. The Morgan fingerprint density at radius 1 is 1.33 bits per heavy atom. The van der Waals surface area contributed by atoms with E-state index < -0.39 is 10.0 Å². The van der Waals surface area contributed by atoms with Crippen LogP contribution in [-0.2, 0) is 10.0 Å². The Labute approximate surface area is 108 Å². The zero-order valence-electron chi connectivity index (χ0n) is 10.7. The molecule has 2 unspecified atom stereocenters. The van der Waals surface area contributed by atoms with Gasteiger partial charge in [0.1, 0.15) is 5.75 Å². The molecule has 1 aromatic rings. The maximum Gasteiger partial charge on any atom is 0.240 e. The number of rotatable bonds is 4. The van der Waals surface area contributed by atoms with Gasteiger partial charge in [-0.2, -0.15) is 0 Å². The fraction of sp³-hybridized carbons (Fsp3) is 0.538. The largest absolute Gasteiger partial charge is 0.497 e. The third-order valence-electron chi connectivity index (χ3n) is 3.37. The number of hydrogen-bond acceptors (Lipinski definition) is 3. The van der Waals surface area contributed by atoms with E-state index in [2.05, 4.69) is 11.6 Å². The van der Waals surface area contributed by atoms with Crippen molar-refractivity contribution in [3.63, 3.8) is 0 Å². The number of nitrogens with one attached hydrogen (secondary N) is 1. The van der Waals surface area contributed by atoms with E-state index in [1.807, 2.05) is 0 Å². The molecule has 4 nitrogen and oxygen atoms in total. The van der Waals surface area contributed by atoms with Crippen molar-refractivity contribution in [2.24, 2.45) is 5.92 Å². The molecule has 1 aromatic carbocycles. The number of sulfonamides is 1. The Morgan fingerprint density at radius 2 is 2.11 bits per heavy atom. The predicted octanol–water partition coefficient (Wildman–Crippen LogP) is 2.16. The van der Waals surface area contributed by atoms with Gasteiger partial charge >= 0.3 is 0 Å². The standard InChI is InChI=1S/C13H19NO3S/c1-10-6-7-11(8-10)14-18(15,16)13-5-3-4-12(9-13)17-2/h3-5,9-11,14H,6-8H2,1-2H3. The van der Waals surface area contributed by atoms with Crippen LogP contribution in [0.5, 0.6) is 5.75 Å². The smallest absolute Gasteiger partial charge is 0.240 e. The second-order valence-corrected chi connectivity index (χ2v) is 6.63. The summed E-state index contributed by atoms with van der Waals surface area (Å²) in [6, 6.07) is 6.61. The minimum Gasteiger partial charge on any atom is -0.497 e. The molecule has 0 amide bonds. The molecule has 0 bridgehead atoms. The van der Waals surface area contributed by atoms with E-state index in [-0.39, 0.29) is 10.9 Å². The molecule has 1 aliphatic carbocycles. The monoisotopic (exact) mass is 269 g/mol. The van der Waals surface area contributed by atoms with Crippen molar-refractivity contribution in [1.29, 1.82) is 0 Å². The summed E-state index contributed by atoms with van der Waals surface area (Å²) in [5.74, 6) is 1.15. The quantitative estimate of drug-likeness (QED) is 0.911. The normalized spacial score (nSPS) is 24.1. The molecule has 0 saturated heterocycles. The minimum atomic E-state index is -3.43. The van der Waals surface area contributed by atoms with Gasteiger partial charge in [0.2, 0.25) is 10.0 Å². The summed E-state index contributed by atoms with van der Waals surface area (Å²) in [5, 5.41) is 0. The molecule has 5 heteroatoms. The minimum absolute atomic E-state index is 0.0659. The second-order valence-electron chi connectivity index (χ2n) is 4.92. The first-order valence-corrected chi connectivity index (χ1v) is 7.66. The maximum absolute atomic E-state index is 12.2. The lowest BCUT2D eigenvalue weighted by Gasteiger charge is -2.13. The van der Waals surface area contributed by atoms with Crippen LogP contribution in [0.3, 0.4) is 0 Å². The molecule has 1 aliphatic rings. The van der Waals surface area contributed by atoms with Gasteiger partial charge in [0.15, 0.2) is 0 Å². The lowest BCUT2D eigenvalue weighted by atomic mass is 10.1. The van der Waals surface area contributed by atoms with Gasteiger partial charge in [0.25, 0.3) is 0 Å². The summed E-state index contributed by atoms with van der Waals surface area (Å²) in [6.07, 6.45) is 2.93. The fourth-order valence-corrected chi connectivity index (χ4v) is 3.69. The van der Waals surface area contributed by atoms with E-state index in [1.165, 1.54) is 7.11 Å². The summed E-state index contributed by atoms with van der Waals surface area (Å²) in [4.78, 5) is 0.265. The van der Waals surface area contributed by atoms with E-state index >= 15 is 0 Å². The molecule has 0 radical (unpaired) electrons. The maximum atomic E-state index is 12.2. The molecule has 1 N–H and O–H groups in total. The molecule has 1 saturated carbocycles. The van der Waals surface area contributed by atoms with Gasteiger partial charge in [-0.25, -0.2) is 13.1 Å². The molecule has 2 rings (SSSR count). The highest BCUT2D eigenvalue weighted by Crippen LogP contribution is 2.26. The predicted molar refractivity (Wildman–Crippen MR) is 70.1 cm³/mol. The van der Waals surface area contributed by atoms with Crippen molar-refractivity contribution in [1.82, 2.24) is 4.72 Å². The number of hydrogen-bond donors (Lipinski definition) is 1. The van der Waals surface area contributed by atoms with E-state index in [9.17, 15) is 8.42 Å². The van der Waals surface area contributed by atoms with E-state index in [1.54, 1.807) is 24.3 Å². The van der Waals surface area contributed by atoms with Gasteiger partial charge in [0, 0.05) is 12.1 Å². The molecule has 1 fully saturated rings. The SMILES string of the molecule is COc1cccc(S(=O)(=O)NC2CCC(C)C2)c1. The first-order valence-electron chi connectivity index (χ1n) is 6.17. The van der Waals surface area contributed by atoms with Crippen molar-refractivity contribution in [3.05, 3.63) is 24.3 Å². The highest BCUT2D eigenvalue weighted by atomic mass is 32.2. The summed E-state index contributed by atoms with van der Waals surface area (Å²) >= 11 is 0. The molecule has 0 aliphatic heterocycles. The van der Waals surface area contributed by atoms with Crippen LogP contribution in [0.1, 0.15) is 26.2 Å². The Kier molecular flexibility index (Phi) is 3.92. The first kappa shape index (κ1) is 13.4. The van der Waals surface area contributed by atoms with Crippen LogP contribution in [0.25, 0.3) is 0 Å². The van der Waals surface area contributed by atoms with Crippen molar-refractivity contribution in [3.8, 4) is 5.75 Å². The molecule has 100 valence electrons. The average Bonchev–Trinajstić information content (AvgIpc) is 2.74. The number of benzene rings is 1. The van der Waals surface area contributed by atoms with Crippen molar-refractivity contribution in [2.75, 3.05) is 7.11 Å². The average molecular weight is 269 g/mol. The number of methoxy groups -OCH3 is 1.